The number of benzene rings is 1. The number of alkyl halides is 3. The first-order valence-electron chi connectivity index (χ1n) is 5.83. The Morgan fingerprint density at radius 3 is 2.62 bits per heavy atom. The summed E-state index contributed by atoms with van der Waals surface area (Å²) in [6.45, 7) is 0. The van der Waals surface area contributed by atoms with Crippen LogP contribution in [0.2, 0.25) is 0 Å². The number of hydrogen-bond acceptors (Lipinski definition) is 4. The molecule has 0 saturated heterocycles. The van der Waals surface area contributed by atoms with Crippen molar-refractivity contribution < 1.29 is 27.4 Å². The first-order valence-corrected chi connectivity index (χ1v) is 5.83. The van der Waals surface area contributed by atoms with Gasteiger partial charge >= 0.3 is 12.1 Å². The molecule has 0 aliphatic carbocycles. The summed E-state index contributed by atoms with van der Waals surface area (Å²) in [5, 5.41) is 0. The average Bonchev–Trinajstić information content (AvgIpc) is 2.90. The van der Waals surface area contributed by atoms with Crippen LogP contribution in [0.25, 0.3) is 0 Å². The number of halogens is 3. The number of carbonyl (C=O) groups is 1. The highest BCUT2D eigenvalue weighted by Crippen LogP contribution is 2.40. The third kappa shape index (κ3) is 2.70. The van der Waals surface area contributed by atoms with E-state index in [2.05, 4.69) is 20.4 Å². The SMILES string of the molecule is COC(=O)[C@@H]1N=CO[C@@]1(C#Cc1ccccc1)C(F)(F)F. The van der Waals surface area contributed by atoms with E-state index in [1.165, 1.54) is 0 Å². The quantitative estimate of drug-likeness (QED) is 0.588. The maximum Gasteiger partial charge on any atom is 0.443 e. The van der Waals surface area contributed by atoms with Crippen molar-refractivity contribution in [1.82, 2.24) is 0 Å². The number of aliphatic imine (C=N–C) groups is 1. The highest BCUT2D eigenvalue weighted by Gasteiger charge is 2.66. The van der Waals surface area contributed by atoms with Gasteiger partial charge in [0.1, 0.15) is 0 Å². The number of rotatable bonds is 1. The summed E-state index contributed by atoms with van der Waals surface area (Å²) >= 11 is 0. The number of ether oxygens (including phenoxy) is 2. The second-order valence-electron chi connectivity index (χ2n) is 4.15. The summed E-state index contributed by atoms with van der Waals surface area (Å²) in [6.07, 6.45) is -4.33. The summed E-state index contributed by atoms with van der Waals surface area (Å²) in [4.78, 5) is 14.9. The molecule has 7 heteroatoms. The molecule has 4 nitrogen and oxygen atoms in total. The summed E-state index contributed by atoms with van der Waals surface area (Å²) in [5.74, 6) is 3.19. The fraction of sp³-hybridized carbons (Fsp3) is 0.286. The highest BCUT2D eigenvalue weighted by atomic mass is 19.4. The minimum atomic E-state index is -4.91. The number of hydrogen-bond donors (Lipinski definition) is 0. The molecule has 110 valence electrons. The van der Waals surface area contributed by atoms with Crippen LogP contribution < -0.4 is 0 Å². The van der Waals surface area contributed by atoms with E-state index in [1.54, 1.807) is 30.3 Å². The van der Waals surface area contributed by atoms with Crippen molar-refractivity contribution in [1.29, 1.82) is 0 Å². The average molecular weight is 297 g/mol. The van der Waals surface area contributed by atoms with Crippen molar-refractivity contribution >= 4 is 12.4 Å². The predicted molar refractivity (Wildman–Crippen MR) is 67.5 cm³/mol. The van der Waals surface area contributed by atoms with Crippen LogP contribution in [0.5, 0.6) is 0 Å². The monoisotopic (exact) mass is 297 g/mol. The first-order chi connectivity index (χ1) is 9.90. The number of methoxy groups -OCH3 is 1. The van der Waals surface area contributed by atoms with Crippen molar-refractivity contribution in [2.45, 2.75) is 17.8 Å². The summed E-state index contributed by atoms with van der Waals surface area (Å²) in [5.41, 5.74) is -2.67. The third-order valence-electron chi connectivity index (χ3n) is 2.85. The number of carbonyl (C=O) groups excluding carboxylic acids is 1. The maximum atomic E-state index is 13.4. The Morgan fingerprint density at radius 2 is 2.05 bits per heavy atom. The molecule has 0 saturated carbocycles. The molecular weight excluding hydrogens is 287 g/mol. The van der Waals surface area contributed by atoms with Crippen molar-refractivity contribution in [3.8, 4) is 11.8 Å². The van der Waals surface area contributed by atoms with E-state index in [-0.39, 0.29) is 0 Å². The first kappa shape index (κ1) is 14.9. The topological polar surface area (TPSA) is 47.9 Å². The van der Waals surface area contributed by atoms with Crippen LogP contribution in [0.15, 0.2) is 35.3 Å². The van der Waals surface area contributed by atoms with E-state index in [0.29, 0.717) is 12.0 Å². The zero-order valence-electron chi connectivity index (χ0n) is 10.8. The molecule has 0 fully saturated rings. The third-order valence-corrected chi connectivity index (χ3v) is 2.85. The fourth-order valence-corrected chi connectivity index (χ4v) is 1.76. The van der Waals surface area contributed by atoms with Crippen LogP contribution >= 0.6 is 0 Å². The minimum absolute atomic E-state index is 0.361. The van der Waals surface area contributed by atoms with Crippen molar-refractivity contribution in [3.05, 3.63) is 35.9 Å². The Labute approximate surface area is 118 Å². The normalized spacial score (nSPS) is 23.9. The molecule has 21 heavy (non-hydrogen) atoms. The molecule has 1 aromatic rings. The minimum Gasteiger partial charge on any atom is -0.467 e. The summed E-state index contributed by atoms with van der Waals surface area (Å²) < 4.78 is 49.0. The Hall–Kier alpha value is -2.49. The van der Waals surface area contributed by atoms with Gasteiger partial charge in [0.25, 0.3) is 5.60 Å². The van der Waals surface area contributed by atoms with Gasteiger partial charge in [0.15, 0.2) is 6.40 Å². The molecule has 1 aromatic carbocycles. The Kier molecular flexibility index (Phi) is 3.89. The van der Waals surface area contributed by atoms with Gasteiger partial charge in [-0.1, -0.05) is 24.1 Å². The maximum absolute atomic E-state index is 13.4. The smallest absolute Gasteiger partial charge is 0.443 e. The van der Waals surface area contributed by atoms with E-state index in [4.69, 9.17) is 0 Å². The second-order valence-corrected chi connectivity index (χ2v) is 4.15. The van der Waals surface area contributed by atoms with E-state index in [1.807, 2.05) is 5.92 Å². The van der Waals surface area contributed by atoms with Gasteiger partial charge < -0.3 is 9.47 Å². The van der Waals surface area contributed by atoms with Crippen LogP contribution in [0.1, 0.15) is 5.56 Å². The lowest BCUT2D eigenvalue weighted by Crippen LogP contribution is -2.55. The second kappa shape index (κ2) is 5.48. The lowest BCUT2D eigenvalue weighted by molar-refractivity contribution is -0.230. The predicted octanol–water partition coefficient (Wildman–Crippen LogP) is 1.94. The Morgan fingerprint density at radius 1 is 1.38 bits per heavy atom. The van der Waals surface area contributed by atoms with Gasteiger partial charge in [-0.2, -0.15) is 13.2 Å². The molecule has 0 amide bonds. The molecule has 0 radical (unpaired) electrons. The largest absolute Gasteiger partial charge is 0.467 e. The van der Waals surface area contributed by atoms with Gasteiger partial charge in [-0.15, -0.1) is 0 Å². The molecule has 1 heterocycles. The molecule has 0 bridgehead atoms. The highest BCUT2D eigenvalue weighted by molar-refractivity contribution is 5.82. The molecular formula is C14H10F3NO3. The van der Waals surface area contributed by atoms with E-state index >= 15 is 0 Å². The summed E-state index contributed by atoms with van der Waals surface area (Å²) in [6, 6.07) is 6.15. The van der Waals surface area contributed by atoms with E-state index in [9.17, 15) is 18.0 Å². The molecule has 0 N–H and O–H groups in total. The van der Waals surface area contributed by atoms with Gasteiger partial charge in [0, 0.05) is 5.56 Å². The Bertz CT molecular complexity index is 616. The van der Waals surface area contributed by atoms with Crippen LogP contribution in [-0.4, -0.2) is 37.3 Å². The molecule has 0 spiro atoms. The number of nitrogens with zero attached hydrogens (tertiary/aromatic N) is 1. The molecule has 0 aromatic heterocycles. The molecule has 0 unspecified atom stereocenters. The van der Waals surface area contributed by atoms with Gasteiger partial charge in [-0.3, -0.25) is 0 Å². The lowest BCUT2D eigenvalue weighted by atomic mass is 9.94. The number of esters is 1. The van der Waals surface area contributed by atoms with Crippen LogP contribution in [0.4, 0.5) is 13.2 Å². The van der Waals surface area contributed by atoms with Crippen LogP contribution in [0.3, 0.4) is 0 Å². The van der Waals surface area contributed by atoms with Crippen molar-refractivity contribution in [2.24, 2.45) is 4.99 Å². The van der Waals surface area contributed by atoms with Gasteiger partial charge in [0.05, 0.1) is 7.11 Å². The molecule has 2 atom stereocenters. The van der Waals surface area contributed by atoms with Gasteiger partial charge in [0.2, 0.25) is 6.04 Å². The van der Waals surface area contributed by atoms with Crippen LogP contribution in [0, 0.1) is 11.8 Å². The molecule has 1 aliphatic heterocycles. The van der Waals surface area contributed by atoms with E-state index in [0.717, 1.165) is 7.11 Å². The standard InChI is InChI=1S/C14H10F3NO3/c1-20-12(19)11-13(14(15,16)17,21-9-18-11)8-7-10-5-3-2-4-6-10/h2-6,9,11H,1H3/t11-,13+/m0/s1. The lowest BCUT2D eigenvalue weighted by Gasteiger charge is -2.28. The van der Waals surface area contributed by atoms with Crippen molar-refractivity contribution in [2.75, 3.05) is 7.11 Å². The van der Waals surface area contributed by atoms with Crippen LogP contribution in [-0.2, 0) is 14.3 Å². The fourth-order valence-electron chi connectivity index (χ4n) is 1.76. The Balaban J connectivity index is 2.45. The zero-order chi connectivity index (χ0) is 15.5. The summed E-state index contributed by atoms with van der Waals surface area (Å²) in [7, 11) is 0.974. The van der Waals surface area contributed by atoms with Gasteiger partial charge in [-0.25, -0.2) is 9.79 Å². The molecule has 2 rings (SSSR count). The van der Waals surface area contributed by atoms with Gasteiger partial charge in [-0.05, 0) is 18.1 Å². The zero-order valence-corrected chi connectivity index (χ0v) is 10.8. The van der Waals surface area contributed by atoms with E-state index < -0.39 is 23.8 Å². The molecule has 1 aliphatic rings. The van der Waals surface area contributed by atoms with Crippen molar-refractivity contribution in [3.63, 3.8) is 0 Å².